The number of esters is 2. The average Bonchev–Trinajstić information content (AvgIpc) is 3.05. The summed E-state index contributed by atoms with van der Waals surface area (Å²) in [4.78, 5) is 52.0. The number of rotatable bonds is 0. The van der Waals surface area contributed by atoms with Gasteiger partial charge in [-0.05, 0) is 12.2 Å². The van der Waals surface area contributed by atoms with Crippen molar-refractivity contribution in [1.29, 1.82) is 0 Å². The number of aliphatic hydroxyl groups is 7. The van der Waals surface area contributed by atoms with Gasteiger partial charge in [0.25, 0.3) is 11.6 Å². The standard InChI is InChI=1S/C20H18O16/c21-7-1-4-9-10-5(2-8(22)18(29)20(10,31)36-19(9,30)17(7,28)35-18)15(26)34-13-6(3-32-14(4)25)33-16(27)12(24)11(13)23/h1-2,6,9-13,16,23-24,27-31H,3H2. The number of carbonyl (C=O) groups excluding carboxylic acids is 4. The van der Waals surface area contributed by atoms with Crippen LogP contribution in [-0.2, 0) is 42.9 Å². The average molecular weight is 514 g/mol. The lowest BCUT2D eigenvalue weighted by atomic mass is 9.67. The molecule has 4 fully saturated rings. The molecule has 16 nitrogen and oxygen atoms in total. The summed E-state index contributed by atoms with van der Waals surface area (Å²) in [6.07, 6.45) is -8.41. The molecule has 6 rings (SSSR count). The minimum absolute atomic E-state index is 0.433. The van der Waals surface area contributed by atoms with E-state index in [2.05, 4.69) is 0 Å². The van der Waals surface area contributed by atoms with E-state index in [0.29, 0.717) is 12.2 Å². The van der Waals surface area contributed by atoms with Crippen LogP contribution in [0.4, 0.5) is 0 Å². The highest BCUT2D eigenvalue weighted by Gasteiger charge is 2.88. The number of cyclic esters (lactones) is 1. The minimum atomic E-state index is -3.53. The Morgan fingerprint density at radius 2 is 1.28 bits per heavy atom. The summed E-state index contributed by atoms with van der Waals surface area (Å²) in [6.45, 7) is -0.827. The van der Waals surface area contributed by atoms with Gasteiger partial charge in [0.1, 0.15) is 24.9 Å². The highest BCUT2D eigenvalue weighted by Crippen LogP contribution is 2.66. The fraction of sp³-hybridized carbons (Fsp3) is 0.600. The number of aliphatic hydroxyl groups excluding tert-OH is 3. The van der Waals surface area contributed by atoms with E-state index in [-0.39, 0.29) is 0 Å². The van der Waals surface area contributed by atoms with E-state index in [1.54, 1.807) is 0 Å². The molecule has 11 atom stereocenters. The molecule has 4 aliphatic heterocycles. The summed E-state index contributed by atoms with van der Waals surface area (Å²) in [5.41, 5.74) is -1.56. The summed E-state index contributed by atoms with van der Waals surface area (Å²) >= 11 is 0. The quantitative estimate of drug-likeness (QED) is 0.148. The number of ketones is 2. The maximum Gasteiger partial charge on any atom is 0.335 e. The van der Waals surface area contributed by atoms with Crippen LogP contribution < -0.4 is 0 Å². The highest BCUT2D eigenvalue weighted by molar-refractivity contribution is 6.10. The van der Waals surface area contributed by atoms with E-state index in [1.165, 1.54) is 0 Å². The first-order valence-corrected chi connectivity index (χ1v) is 10.6. The smallest absolute Gasteiger partial charge is 0.335 e. The molecule has 0 aromatic heterocycles. The molecule has 7 N–H and O–H groups in total. The first-order chi connectivity index (χ1) is 16.7. The molecule has 0 spiro atoms. The van der Waals surface area contributed by atoms with Crippen molar-refractivity contribution in [2.45, 2.75) is 53.9 Å². The molecule has 2 bridgehead atoms. The molecule has 4 heterocycles. The van der Waals surface area contributed by atoms with E-state index >= 15 is 0 Å². The fourth-order valence-corrected chi connectivity index (χ4v) is 5.63. The second-order valence-corrected chi connectivity index (χ2v) is 9.28. The molecular weight excluding hydrogens is 496 g/mol. The lowest BCUT2D eigenvalue weighted by Gasteiger charge is -2.52. The molecule has 16 heteroatoms. The van der Waals surface area contributed by atoms with Gasteiger partial charge in [-0.3, -0.25) is 14.3 Å². The molecule has 194 valence electrons. The molecule has 0 amide bonds. The van der Waals surface area contributed by atoms with E-state index in [9.17, 15) is 54.9 Å². The van der Waals surface area contributed by atoms with Crippen molar-refractivity contribution in [1.82, 2.24) is 0 Å². The van der Waals surface area contributed by atoms with Gasteiger partial charge in [-0.25, -0.2) is 9.59 Å². The minimum Gasteiger partial charge on any atom is -0.459 e. The van der Waals surface area contributed by atoms with Crippen LogP contribution in [0.1, 0.15) is 0 Å². The van der Waals surface area contributed by atoms with Gasteiger partial charge in [-0.2, -0.15) is 0 Å². The van der Waals surface area contributed by atoms with Crippen LogP contribution in [0.5, 0.6) is 0 Å². The van der Waals surface area contributed by atoms with Gasteiger partial charge in [-0.15, -0.1) is 0 Å². The van der Waals surface area contributed by atoms with Crippen LogP contribution in [-0.4, -0.2) is 120 Å². The molecule has 0 radical (unpaired) electrons. The van der Waals surface area contributed by atoms with E-state index in [4.69, 9.17) is 23.7 Å². The molecule has 0 saturated carbocycles. The first-order valence-electron chi connectivity index (χ1n) is 10.6. The highest BCUT2D eigenvalue weighted by atomic mass is 16.9. The number of fused-ring (bicyclic) bond motifs is 1. The SMILES string of the molecule is O=C1OCC2OC(O)C(O)C(O)C2OC(=O)C2=CC(=O)C3(O)OC4(O)C(=O)C=C1C1C2C3(O)OC14O. The number of ether oxygens (including phenoxy) is 5. The Labute approximate surface area is 198 Å². The Kier molecular flexibility index (Phi) is 4.49. The molecular formula is C20H18O16. The molecule has 11 unspecified atom stereocenters. The summed E-state index contributed by atoms with van der Waals surface area (Å²) in [6, 6.07) is 0. The molecule has 0 aromatic carbocycles. The van der Waals surface area contributed by atoms with E-state index in [1.807, 2.05) is 0 Å². The monoisotopic (exact) mass is 514 g/mol. The molecule has 0 aromatic rings. The third-order valence-corrected chi connectivity index (χ3v) is 7.42. The van der Waals surface area contributed by atoms with Crippen LogP contribution in [0.25, 0.3) is 0 Å². The molecule has 6 aliphatic rings. The summed E-state index contributed by atoms with van der Waals surface area (Å²) in [5.74, 6) is -23.8. The van der Waals surface area contributed by atoms with Crippen molar-refractivity contribution in [3.05, 3.63) is 23.3 Å². The van der Waals surface area contributed by atoms with Crippen molar-refractivity contribution >= 4 is 23.5 Å². The topological polar surface area (TPSA) is 256 Å². The third-order valence-electron chi connectivity index (χ3n) is 7.42. The van der Waals surface area contributed by atoms with Crippen LogP contribution >= 0.6 is 0 Å². The molecule has 2 aliphatic carbocycles. The molecule has 36 heavy (non-hydrogen) atoms. The van der Waals surface area contributed by atoms with Gasteiger partial charge in [0, 0.05) is 0 Å². The lowest BCUT2D eigenvalue weighted by Crippen LogP contribution is -2.78. The summed E-state index contributed by atoms with van der Waals surface area (Å²) < 4.78 is 25.4. The number of hydrogen-bond acceptors (Lipinski definition) is 16. The largest absolute Gasteiger partial charge is 0.459 e. The predicted octanol–water partition coefficient (Wildman–Crippen LogP) is -6.04. The van der Waals surface area contributed by atoms with E-state index in [0.717, 1.165) is 0 Å². The van der Waals surface area contributed by atoms with Gasteiger partial charge in [0.2, 0.25) is 23.1 Å². The van der Waals surface area contributed by atoms with Crippen molar-refractivity contribution in [2.75, 3.05) is 6.61 Å². The zero-order valence-electron chi connectivity index (χ0n) is 17.7. The summed E-state index contributed by atoms with van der Waals surface area (Å²) in [7, 11) is 0. The zero-order chi connectivity index (χ0) is 26.2. The van der Waals surface area contributed by atoms with Crippen LogP contribution in [0, 0.1) is 11.8 Å². The Morgan fingerprint density at radius 1 is 0.750 bits per heavy atom. The Balaban J connectivity index is 1.58. The fourth-order valence-electron chi connectivity index (χ4n) is 5.63. The first kappa shape index (κ1) is 23.7. The maximum absolute atomic E-state index is 13.2. The van der Waals surface area contributed by atoms with Crippen LogP contribution in [0.3, 0.4) is 0 Å². The van der Waals surface area contributed by atoms with Gasteiger partial charge in [-0.1, -0.05) is 0 Å². The second kappa shape index (κ2) is 6.81. The lowest BCUT2D eigenvalue weighted by molar-refractivity contribution is -0.516. The maximum atomic E-state index is 13.2. The molecule has 4 saturated heterocycles. The Hall–Kier alpha value is -2.64. The van der Waals surface area contributed by atoms with E-state index < -0.39 is 107 Å². The van der Waals surface area contributed by atoms with Gasteiger partial charge >= 0.3 is 11.9 Å². The number of carbonyl (C=O) groups is 4. The van der Waals surface area contributed by atoms with Gasteiger partial charge in [0.05, 0.1) is 23.0 Å². The van der Waals surface area contributed by atoms with Crippen molar-refractivity contribution in [2.24, 2.45) is 11.8 Å². The normalized spacial score (nSPS) is 53.6. The number of hydrogen-bond donors (Lipinski definition) is 7. The van der Waals surface area contributed by atoms with Gasteiger partial charge in [0.15, 0.2) is 12.4 Å². The van der Waals surface area contributed by atoms with Gasteiger partial charge < -0.3 is 54.7 Å². The zero-order valence-corrected chi connectivity index (χ0v) is 17.7. The summed E-state index contributed by atoms with van der Waals surface area (Å²) in [5, 5.41) is 74.6. The predicted molar refractivity (Wildman–Crippen MR) is 98.9 cm³/mol. The van der Waals surface area contributed by atoms with Crippen molar-refractivity contribution < 1.29 is 78.6 Å². The Bertz CT molecular complexity index is 1190. The van der Waals surface area contributed by atoms with Crippen molar-refractivity contribution in [3.63, 3.8) is 0 Å². The van der Waals surface area contributed by atoms with Crippen LogP contribution in [0.2, 0.25) is 0 Å². The van der Waals surface area contributed by atoms with Crippen molar-refractivity contribution in [3.8, 4) is 0 Å². The van der Waals surface area contributed by atoms with Crippen LogP contribution in [0.15, 0.2) is 23.3 Å². The Morgan fingerprint density at radius 3 is 1.83 bits per heavy atom. The second-order valence-electron chi connectivity index (χ2n) is 9.28. The third kappa shape index (κ3) is 2.46.